The van der Waals surface area contributed by atoms with E-state index in [0.29, 0.717) is 0 Å². The van der Waals surface area contributed by atoms with Crippen molar-refractivity contribution in [2.24, 2.45) is 11.5 Å². The maximum Gasteiger partial charge on any atom is 0.353 e. The smallest absolute Gasteiger partial charge is 0.353 e. The van der Waals surface area contributed by atoms with E-state index in [-0.39, 0.29) is 11.6 Å². The predicted molar refractivity (Wildman–Crippen MR) is 68.8 cm³/mol. The summed E-state index contributed by atoms with van der Waals surface area (Å²) in [5.41, 5.74) is 9.61. The van der Waals surface area contributed by atoms with Crippen molar-refractivity contribution in [3.8, 4) is 0 Å². The molecule has 108 valence electrons. The maximum atomic E-state index is 11.1. The fourth-order valence-electron chi connectivity index (χ4n) is 1.53. The fraction of sp³-hybridized carbons (Fsp3) is 0.333. The van der Waals surface area contributed by atoms with Gasteiger partial charge in [0.15, 0.2) is 0 Å². The van der Waals surface area contributed by atoms with Crippen LogP contribution in [0.3, 0.4) is 0 Å². The highest BCUT2D eigenvalue weighted by molar-refractivity contribution is 5.86. The standard InChI is InChI=1S/C9H13N7O4/c1-12-8-7(16(19)20)9(14-4-13-8)15(2-5(10)17)3-6(11)18/h4H,2-3H2,1H3,(H2,10,17)(H2,11,18)(H,12,13,14). The van der Waals surface area contributed by atoms with Crippen LogP contribution in [0.2, 0.25) is 0 Å². The Kier molecular flexibility index (Phi) is 4.72. The van der Waals surface area contributed by atoms with E-state index in [2.05, 4.69) is 15.3 Å². The third kappa shape index (κ3) is 3.51. The summed E-state index contributed by atoms with van der Waals surface area (Å²) in [5, 5.41) is 13.6. The van der Waals surface area contributed by atoms with Crippen LogP contribution < -0.4 is 21.7 Å². The van der Waals surface area contributed by atoms with Gasteiger partial charge in [-0.05, 0) is 0 Å². The molecule has 0 radical (unpaired) electrons. The maximum absolute atomic E-state index is 11.1. The Bertz CT molecular complexity index is 531. The van der Waals surface area contributed by atoms with Crippen LogP contribution in [0.15, 0.2) is 6.33 Å². The summed E-state index contributed by atoms with van der Waals surface area (Å²) in [6.07, 6.45) is 1.06. The number of hydrogen-bond acceptors (Lipinski definition) is 8. The number of nitrogens with zero attached hydrogens (tertiary/aromatic N) is 4. The molecule has 0 aliphatic rings. The van der Waals surface area contributed by atoms with Crippen LogP contribution in [-0.4, -0.2) is 46.8 Å². The molecule has 0 atom stereocenters. The second kappa shape index (κ2) is 6.26. The van der Waals surface area contributed by atoms with Gasteiger partial charge < -0.3 is 21.7 Å². The van der Waals surface area contributed by atoms with Gasteiger partial charge in [-0.15, -0.1) is 0 Å². The molecule has 11 heteroatoms. The van der Waals surface area contributed by atoms with Crippen LogP contribution >= 0.6 is 0 Å². The van der Waals surface area contributed by atoms with Crippen molar-refractivity contribution in [2.75, 3.05) is 30.4 Å². The highest BCUT2D eigenvalue weighted by Gasteiger charge is 2.28. The number of carbonyl (C=O) groups excluding carboxylic acids is 2. The molecule has 0 spiro atoms. The van der Waals surface area contributed by atoms with E-state index < -0.39 is 35.5 Å². The van der Waals surface area contributed by atoms with Crippen molar-refractivity contribution in [3.63, 3.8) is 0 Å². The number of nitrogens with two attached hydrogens (primary N) is 2. The first-order valence-electron chi connectivity index (χ1n) is 5.35. The van der Waals surface area contributed by atoms with Crippen molar-refractivity contribution in [3.05, 3.63) is 16.4 Å². The van der Waals surface area contributed by atoms with Crippen molar-refractivity contribution in [2.45, 2.75) is 0 Å². The Morgan fingerprint density at radius 3 is 2.30 bits per heavy atom. The van der Waals surface area contributed by atoms with Crippen molar-refractivity contribution < 1.29 is 14.5 Å². The number of rotatable bonds is 7. The Balaban J connectivity index is 3.34. The van der Waals surface area contributed by atoms with E-state index >= 15 is 0 Å². The van der Waals surface area contributed by atoms with Gasteiger partial charge in [-0.2, -0.15) is 0 Å². The molecule has 1 rings (SSSR count). The van der Waals surface area contributed by atoms with E-state index in [1.165, 1.54) is 7.05 Å². The Morgan fingerprint density at radius 2 is 1.90 bits per heavy atom. The van der Waals surface area contributed by atoms with Crippen LogP contribution in [0.1, 0.15) is 0 Å². The van der Waals surface area contributed by atoms with Gasteiger partial charge in [0.05, 0.1) is 18.0 Å². The molecule has 20 heavy (non-hydrogen) atoms. The quantitative estimate of drug-likeness (QED) is 0.388. The van der Waals surface area contributed by atoms with Gasteiger partial charge >= 0.3 is 5.69 Å². The normalized spacial score (nSPS) is 9.85. The van der Waals surface area contributed by atoms with E-state index in [4.69, 9.17) is 11.5 Å². The average Bonchev–Trinajstić information content (AvgIpc) is 2.35. The number of aromatic nitrogens is 2. The van der Waals surface area contributed by atoms with Crippen molar-refractivity contribution in [1.29, 1.82) is 0 Å². The van der Waals surface area contributed by atoms with Gasteiger partial charge in [0.25, 0.3) is 0 Å². The summed E-state index contributed by atoms with van der Waals surface area (Å²) in [6, 6.07) is 0. The first-order chi connectivity index (χ1) is 9.36. The second-order valence-electron chi connectivity index (χ2n) is 3.69. The zero-order valence-electron chi connectivity index (χ0n) is 10.6. The molecule has 1 aromatic rings. The lowest BCUT2D eigenvalue weighted by molar-refractivity contribution is -0.383. The van der Waals surface area contributed by atoms with Crippen LogP contribution in [0.4, 0.5) is 17.3 Å². The van der Waals surface area contributed by atoms with Crippen LogP contribution in [-0.2, 0) is 9.59 Å². The lowest BCUT2D eigenvalue weighted by Crippen LogP contribution is -2.40. The number of primary amides is 2. The third-order valence-corrected chi connectivity index (χ3v) is 2.22. The molecule has 0 fully saturated rings. The van der Waals surface area contributed by atoms with Gasteiger partial charge in [0.2, 0.25) is 23.5 Å². The molecule has 0 aliphatic heterocycles. The number of carbonyl (C=O) groups is 2. The highest BCUT2D eigenvalue weighted by Crippen LogP contribution is 2.31. The van der Waals surface area contributed by atoms with E-state index in [1.54, 1.807) is 0 Å². The predicted octanol–water partition coefficient (Wildman–Crippen LogP) is -1.80. The molecular formula is C9H13N7O4. The molecule has 0 saturated carbocycles. The molecule has 1 heterocycles. The van der Waals surface area contributed by atoms with Crippen LogP contribution in [0, 0.1) is 10.1 Å². The second-order valence-corrected chi connectivity index (χ2v) is 3.69. The minimum absolute atomic E-state index is 0.0565. The lowest BCUT2D eigenvalue weighted by Gasteiger charge is -2.20. The molecular weight excluding hydrogens is 270 g/mol. The molecule has 11 nitrogen and oxygen atoms in total. The molecule has 5 N–H and O–H groups in total. The zero-order chi connectivity index (χ0) is 15.3. The SMILES string of the molecule is CNc1ncnc(N(CC(N)=O)CC(N)=O)c1[N+](=O)[O-]. The summed E-state index contributed by atoms with van der Waals surface area (Å²) in [7, 11) is 1.44. The first-order valence-corrected chi connectivity index (χ1v) is 5.35. The summed E-state index contributed by atoms with van der Waals surface area (Å²) in [4.78, 5) is 40.8. The van der Waals surface area contributed by atoms with Gasteiger partial charge in [0, 0.05) is 7.05 Å². The summed E-state index contributed by atoms with van der Waals surface area (Å²) in [5.74, 6) is -1.85. The summed E-state index contributed by atoms with van der Waals surface area (Å²) >= 11 is 0. The van der Waals surface area contributed by atoms with E-state index in [0.717, 1.165) is 11.2 Å². The van der Waals surface area contributed by atoms with Gasteiger partial charge in [-0.3, -0.25) is 19.7 Å². The van der Waals surface area contributed by atoms with Crippen LogP contribution in [0.5, 0.6) is 0 Å². The van der Waals surface area contributed by atoms with E-state index in [9.17, 15) is 19.7 Å². The van der Waals surface area contributed by atoms with E-state index in [1.807, 2.05) is 0 Å². The molecule has 0 saturated heterocycles. The largest absolute Gasteiger partial charge is 0.368 e. The number of nitrogens with one attached hydrogen (secondary N) is 1. The minimum atomic E-state index is -0.787. The highest BCUT2D eigenvalue weighted by atomic mass is 16.6. The number of nitro groups is 1. The van der Waals surface area contributed by atoms with Crippen molar-refractivity contribution in [1.82, 2.24) is 9.97 Å². The van der Waals surface area contributed by atoms with Gasteiger partial charge in [-0.25, -0.2) is 9.97 Å². The molecule has 1 aromatic heterocycles. The summed E-state index contributed by atoms with van der Waals surface area (Å²) < 4.78 is 0. The molecule has 0 aromatic carbocycles. The lowest BCUT2D eigenvalue weighted by atomic mass is 10.3. The van der Waals surface area contributed by atoms with Crippen LogP contribution in [0.25, 0.3) is 0 Å². The first kappa shape index (κ1) is 15.1. The average molecular weight is 283 g/mol. The van der Waals surface area contributed by atoms with Gasteiger partial charge in [0.1, 0.15) is 6.33 Å². The van der Waals surface area contributed by atoms with Gasteiger partial charge in [-0.1, -0.05) is 0 Å². The Labute approximate surface area is 113 Å². The third-order valence-electron chi connectivity index (χ3n) is 2.22. The Morgan fingerprint density at radius 1 is 1.35 bits per heavy atom. The number of amides is 2. The molecule has 2 amide bonds. The molecule has 0 unspecified atom stereocenters. The molecule has 0 bridgehead atoms. The summed E-state index contributed by atoms with van der Waals surface area (Å²) in [6.45, 7) is -0.881. The zero-order valence-corrected chi connectivity index (χ0v) is 10.6. The number of anilines is 2. The monoisotopic (exact) mass is 283 g/mol. The Hall–Kier alpha value is -2.98. The topological polar surface area (TPSA) is 170 Å². The fourth-order valence-corrected chi connectivity index (χ4v) is 1.53. The van der Waals surface area contributed by atoms with Crippen molar-refractivity contribution >= 4 is 29.1 Å². The molecule has 0 aliphatic carbocycles. The minimum Gasteiger partial charge on any atom is -0.368 e. The number of hydrogen-bond donors (Lipinski definition) is 3.